The molecule has 0 bridgehead atoms. The zero-order chi connectivity index (χ0) is 12.1. The van der Waals surface area contributed by atoms with E-state index >= 15 is 0 Å². The molecule has 0 amide bonds. The van der Waals surface area contributed by atoms with Crippen LogP contribution < -0.4 is 5.32 Å². The van der Waals surface area contributed by atoms with E-state index in [1.54, 1.807) is 24.5 Å². The highest BCUT2D eigenvalue weighted by atomic mass is 16.1. The highest BCUT2D eigenvalue weighted by molar-refractivity contribution is 6.08. The van der Waals surface area contributed by atoms with Crippen molar-refractivity contribution in [2.45, 2.75) is 6.54 Å². The fourth-order valence-electron chi connectivity index (χ4n) is 1.70. The lowest BCUT2D eigenvalue weighted by atomic mass is 10.0. The molecule has 0 unspecified atom stereocenters. The van der Waals surface area contributed by atoms with Crippen LogP contribution in [0.4, 0.5) is 0 Å². The minimum absolute atomic E-state index is 0.0327. The minimum atomic E-state index is 0.0327. The van der Waals surface area contributed by atoms with Crippen LogP contribution in [0.5, 0.6) is 0 Å². The van der Waals surface area contributed by atoms with Gasteiger partial charge in [-0.05, 0) is 30.8 Å². The Kier molecular flexibility index (Phi) is 3.62. The van der Waals surface area contributed by atoms with Crippen molar-refractivity contribution in [1.29, 1.82) is 0 Å². The maximum absolute atomic E-state index is 12.2. The molecule has 0 aliphatic rings. The topological polar surface area (TPSA) is 42.0 Å². The van der Waals surface area contributed by atoms with Crippen LogP contribution in [0, 0.1) is 0 Å². The van der Waals surface area contributed by atoms with Crippen molar-refractivity contribution in [3.63, 3.8) is 0 Å². The fourth-order valence-corrected chi connectivity index (χ4v) is 1.70. The Bertz CT molecular complexity index is 509. The zero-order valence-corrected chi connectivity index (χ0v) is 9.68. The summed E-state index contributed by atoms with van der Waals surface area (Å²) in [4.78, 5) is 16.1. The summed E-state index contributed by atoms with van der Waals surface area (Å²) in [6, 6.07) is 11.1. The molecule has 1 N–H and O–H groups in total. The molecule has 1 aromatic heterocycles. The second-order valence-electron chi connectivity index (χ2n) is 3.80. The summed E-state index contributed by atoms with van der Waals surface area (Å²) in [5.74, 6) is 0.0327. The lowest BCUT2D eigenvalue weighted by Gasteiger charge is -2.04. The number of carbonyl (C=O) groups excluding carboxylic acids is 1. The molecule has 86 valence electrons. The van der Waals surface area contributed by atoms with Gasteiger partial charge in [0.15, 0.2) is 5.78 Å². The molecule has 1 heterocycles. The zero-order valence-electron chi connectivity index (χ0n) is 9.68. The van der Waals surface area contributed by atoms with Crippen molar-refractivity contribution in [2.75, 3.05) is 7.05 Å². The summed E-state index contributed by atoms with van der Waals surface area (Å²) in [6.45, 7) is 0.761. The van der Waals surface area contributed by atoms with Crippen LogP contribution in [0.15, 0.2) is 48.8 Å². The average Bonchev–Trinajstić information content (AvgIpc) is 2.40. The van der Waals surface area contributed by atoms with Crippen molar-refractivity contribution in [3.05, 3.63) is 65.5 Å². The molecule has 0 radical (unpaired) electrons. The summed E-state index contributed by atoms with van der Waals surface area (Å²) >= 11 is 0. The maximum atomic E-state index is 12.2. The van der Waals surface area contributed by atoms with Crippen LogP contribution in [-0.2, 0) is 6.54 Å². The predicted molar refractivity (Wildman–Crippen MR) is 66.9 cm³/mol. The van der Waals surface area contributed by atoms with E-state index in [1.165, 1.54) is 0 Å². The molecule has 0 saturated heterocycles. The van der Waals surface area contributed by atoms with Crippen LogP contribution in [0.25, 0.3) is 0 Å². The van der Waals surface area contributed by atoms with E-state index < -0.39 is 0 Å². The van der Waals surface area contributed by atoms with Crippen LogP contribution in [0.2, 0.25) is 0 Å². The van der Waals surface area contributed by atoms with Gasteiger partial charge in [-0.2, -0.15) is 0 Å². The Morgan fingerprint density at radius 3 is 2.65 bits per heavy atom. The SMILES string of the molecule is CNCc1cccc(C(=O)c2ccncc2)c1. The Hall–Kier alpha value is -2.00. The summed E-state index contributed by atoms with van der Waals surface area (Å²) < 4.78 is 0. The molecule has 1 aromatic carbocycles. The molecule has 0 spiro atoms. The highest BCUT2D eigenvalue weighted by Crippen LogP contribution is 2.11. The molecule has 0 aliphatic heterocycles. The lowest BCUT2D eigenvalue weighted by molar-refractivity contribution is 0.103. The van der Waals surface area contributed by atoms with Crippen molar-refractivity contribution in [3.8, 4) is 0 Å². The molecular formula is C14H14N2O. The third-order valence-corrected chi connectivity index (χ3v) is 2.51. The predicted octanol–water partition coefficient (Wildman–Crippen LogP) is 2.03. The van der Waals surface area contributed by atoms with Crippen molar-refractivity contribution < 1.29 is 4.79 Å². The smallest absolute Gasteiger partial charge is 0.193 e. The van der Waals surface area contributed by atoms with Gasteiger partial charge < -0.3 is 5.32 Å². The number of hydrogen-bond donors (Lipinski definition) is 1. The van der Waals surface area contributed by atoms with Crippen LogP contribution >= 0.6 is 0 Å². The van der Waals surface area contributed by atoms with Gasteiger partial charge in [0.2, 0.25) is 0 Å². The molecule has 3 nitrogen and oxygen atoms in total. The van der Waals surface area contributed by atoms with Gasteiger partial charge in [-0.3, -0.25) is 9.78 Å². The summed E-state index contributed by atoms with van der Waals surface area (Å²) in [7, 11) is 1.89. The Balaban J connectivity index is 2.28. The molecule has 0 aliphatic carbocycles. The van der Waals surface area contributed by atoms with E-state index in [1.807, 2.05) is 31.3 Å². The molecule has 0 fully saturated rings. The standard InChI is InChI=1S/C14H14N2O/c1-15-10-11-3-2-4-13(9-11)14(17)12-5-7-16-8-6-12/h2-9,15H,10H2,1H3. The van der Waals surface area contributed by atoms with Gasteiger partial charge in [0.05, 0.1) is 0 Å². The Morgan fingerprint density at radius 1 is 1.18 bits per heavy atom. The van der Waals surface area contributed by atoms with Gasteiger partial charge in [-0.1, -0.05) is 18.2 Å². The van der Waals surface area contributed by atoms with Gasteiger partial charge in [-0.15, -0.1) is 0 Å². The first-order chi connectivity index (χ1) is 8.31. The summed E-state index contributed by atoms with van der Waals surface area (Å²) in [5.41, 5.74) is 2.48. The number of carbonyl (C=O) groups is 1. The molecular weight excluding hydrogens is 212 g/mol. The van der Waals surface area contributed by atoms with Crippen LogP contribution in [0.1, 0.15) is 21.5 Å². The van der Waals surface area contributed by atoms with E-state index in [0.29, 0.717) is 11.1 Å². The van der Waals surface area contributed by atoms with E-state index in [0.717, 1.165) is 12.1 Å². The van der Waals surface area contributed by atoms with E-state index in [-0.39, 0.29) is 5.78 Å². The minimum Gasteiger partial charge on any atom is -0.316 e. The van der Waals surface area contributed by atoms with E-state index in [9.17, 15) is 4.79 Å². The lowest BCUT2D eigenvalue weighted by Crippen LogP contribution is -2.07. The maximum Gasteiger partial charge on any atom is 0.193 e. The first-order valence-electron chi connectivity index (χ1n) is 5.49. The summed E-state index contributed by atoms with van der Waals surface area (Å²) in [6.07, 6.45) is 3.26. The monoisotopic (exact) mass is 226 g/mol. The number of nitrogens with zero attached hydrogens (tertiary/aromatic N) is 1. The van der Waals surface area contributed by atoms with E-state index in [2.05, 4.69) is 10.3 Å². The Morgan fingerprint density at radius 2 is 1.94 bits per heavy atom. The number of rotatable bonds is 4. The van der Waals surface area contributed by atoms with Gasteiger partial charge >= 0.3 is 0 Å². The van der Waals surface area contributed by atoms with Crippen LogP contribution in [0.3, 0.4) is 0 Å². The van der Waals surface area contributed by atoms with Gasteiger partial charge in [0, 0.05) is 30.1 Å². The third-order valence-electron chi connectivity index (χ3n) is 2.51. The number of nitrogens with one attached hydrogen (secondary N) is 1. The largest absolute Gasteiger partial charge is 0.316 e. The first kappa shape index (κ1) is 11.5. The highest BCUT2D eigenvalue weighted by Gasteiger charge is 2.08. The Labute approximate surface area is 101 Å². The van der Waals surface area contributed by atoms with Gasteiger partial charge in [0.1, 0.15) is 0 Å². The second kappa shape index (κ2) is 5.37. The molecule has 3 heteroatoms. The van der Waals surface area contributed by atoms with Crippen molar-refractivity contribution >= 4 is 5.78 Å². The second-order valence-corrected chi connectivity index (χ2v) is 3.80. The third kappa shape index (κ3) is 2.77. The van der Waals surface area contributed by atoms with Gasteiger partial charge in [0.25, 0.3) is 0 Å². The molecule has 2 rings (SSSR count). The summed E-state index contributed by atoms with van der Waals surface area (Å²) in [5, 5.41) is 3.07. The normalized spacial score (nSPS) is 10.2. The number of benzene rings is 1. The molecule has 2 aromatic rings. The van der Waals surface area contributed by atoms with Crippen LogP contribution in [-0.4, -0.2) is 17.8 Å². The average molecular weight is 226 g/mol. The van der Waals surface area contributed by atoms with Crippen molar-refractivity contribution in [1.82, 2.24) is 10.3 Å². The number of aromatic nitrogens is 1. The van der Waals surface area contributed by atoms with Gasteiger partial charge in [-0.25, -0.2) is 0 Å². The quantitative estimate of drug-likeness (QED) is 0.811. The molecule has 0 atom stereocenters. The number of pyridine rings is 1. The first-order valence-corrected chi connectivity index (χ1v) is 5.49. The number of ketones is 1. The van der Waals surface area contributed by atoms with Crippen molar-refractivity contribution in [2.24, 2.45) is 0 Å². The fraction of sp³-hybridized carbons (Fsp3) is 0.143. The van der Waals surface area contributed by atoms with E-state index in [4.69, 9.17) is 0 Å². The molecule has 0 saturated carbocycles. The number of hydrogen-bond acceptors (Lipinski definition) is 3. The molecule has 17 heavy (non-hydrogen) atoms.